The van der Waals surface area contributed by atoms with E-state index in [1.54, 1.807) is 0 Å². The Bertz CT molecular complexity index is 809. The monoisotopic (exact) mass is 504 g/mol. The van der Waals surface area contributed by atoms with Gasteiger partial charge in [0.1, 0.15) is 5.15 Å². The molecule has 0 spiro atoms. The first kappa shape index (κ1) is 23.0. The van der Waals surface area contributed by atoms with Gasteiger partial charge in [-0.25, -0.2) is 9.37 Å². The Morgan fingerprint density at radius 3 is 1.86 bits per heavy atom. The molecule has 0 amide bonds. The molecular weight excluding hydrogens is 500 g/mol. The third-order valence-electron chi connectivity index (χ3n) is 3.72. The number of aromatic nitrogens is 1. The highest BCUT2D eigenvalue weighted by molar-refractivity contribution is 9.09. The number of halogens is 12. The number of nitrogens with zero attached hydrogens (tertiary/aromatic N) is 1. The van der Waals surface area contributed by atoms with Crippen LogP contribution in [-0.4, -0.2) is 29.2 Å². The van der Waals surface area contributed by atoms with Crippen LogP contribution in [0.5, 0.6) is 0 Å². The van der Waals surface area contributed by atoms with E-state index >= 15 is 0 Å². The van der Waals surface area contributed by atoms with Crippen LogP contribution in [0.2, 0.25) is 5.15 Å². The average molecular weight is 506 g/mol. The zero-order valence-corrected chi connectivity index (χ0v) is 15.3. The zero-order valence-electron chi connectivity index (χ0n) is 12.9. The van der Waals surface area contributed by atoms with E-state index in [2.05, 4.69) is 20.9 Å². The molecule has 2 rings (SSSR count). The lowest BCUT2D eigenvalue weighted by Crippen LogP contribution is -2.55. The molecule has 1 heterocycles. The standard InChI is InChI=1S/C15H6BrClF10N/c16-11(9-2-1-3-28-10(9)17)5-7(4-8(6-11)13(19,20)21)12(18,14(22,23)24)15(25,26)27/h1-6H. The van der Waals surface area contributed by atoms with E-state index in [4.69, 9.17) is 11.6 Å². The van der Waals surface area contributed by atoms with E-state index in [9.17, 15) is 43.9 Å². The van der Waals surface area contributed by atoms with E-state index in [1.165, 1.54) is 0 Å². The fraction of sp³-hybridized carbons (Fsp3) is 0.333. The maximum absolute atomic E-state index is 14.4. The largest absolute Gasteiger partial charge is 0.435 e. The van der Waals surface area contributed by atoms with Gasteiger partial charge in [-0.1, -0.05) is 39.7 Å². The summed E-state index contributed by atoms with van der Waals surface area (Å²) >= 11 is 8.38. The second-order valence-electron chi connectivity index (χ2n) is 5.61. The van der Waals surface area contributed by atoms with E-state index in [0.717, 1.165) is 18.3 Å². The maximum Gasteiger partial charge on any atom is 0.435 e. The molecule has 0 aliphatic heterocycles. The minimum absolute atomic E-state index is 0.0338. The van der Waals surface area contributed by atoms with Crippen LogP contribution in [0.3, 0.4) is 0 Å². The number of pyridine rings is 1. The Hall–Kier alpha value is -1.30. The summed E-state index contributed by atoms with van der Waals surface area (Å²) < 4.78 is 130. The Kier molecular flexibility index (Phi) is 5.66. The van der Waals surface area contributed by atoms with Gasteiger partial charge >= 0.3 is 24.2 Å². The van der Waals surface area contributed by atoms with Gasteiger partial charge in [-0.3, -0.25) is 0 Å². The molecule has 13 heteroatoms. The Morgan fingerprint density at radius 2 is 1.43 bits per heavy atom. The summed E-state index contributed by atoms with van der Waals surface area (Å²) in [4.78, 5) is 3.52. The predicted octanol–water partition coefficient (Wildman–Crippen LogP) is 6.79. The molecule has 1 aromatic heterocycles. The molecule has 155 valence electrons. The summed E-state index contributed by atoms with van der Waals surface area (Å²) in [6.07, 6.45) is -17.7. The fourth-order valence-electron chi connectivity index (χ4n) is 2.42. The van der Waals surface area contributed by atoms with Crippen molar-refractivity contribution in [2.24, 2.45) is 0 Å². The van der Waals surface area contributed by atoms with E-state index < -0.39 is 56.5 Å². The van der Waals surface area contributed by atoms with Crippen molar-refractivity contribution in [3.63, 3.8) is 0 Å². The molecule has 28 heavy (non-hydrogen) atoms. The van der Waals surface area contributed by atoms with Crippen LogP contribution in [0.1, 0.15) is 5.56 Å². The quantitative estimate of drug-likeness (QED) is 0.245. The number of hydrogen-bond donors (Lipinski definition) is 0. The SMILES string of the molecule is FC(F)(F)C1=CC(C(F)(C(F)(F)F)C(F)(F)F)=CC(Br)(c2cccnc2Cl)[CH]1. The summed E-state index contributed by atoms with van der Waals surface area (Å²) in [5, 5.41) is -0.516. The third kappa shape index (κ3) is 3.89. The lowest BCUT2D eigenvalue weighted by Gasteiger charge is -2.37. The van der Waals surface area contributed by atoms with Crippen LogP contribution in [0.15, 0.2) is 41.6 Å². The Labute approximate surface area is 164 Å². The first-order valence-electron chi connectivity index (χ1n) is 6.94. The van der Waals surface area contributed by atoms with Gasteiger partial charge < -0.3 is 0 Å². The minimum atomic E-state index is -6.59. The highest BCUT2D eigenvalue weighted by atomic mass is 79.9. The van der Waals surface area contributed by atoms with Crippen molar-refractivity contribution in [1.82, 2.24) is 4.98 Å². The maximum atomic E-state index is 14.4. The number of alkyl halides is 11. The Balaban J connectivity index is 2.83. The number of hydrogen-bond acceptors (Lipinski definition) is 1. The van der Waals surface area contributed by atoms with Crippen molar-refractivity contribution < 1.29 is 43.9 Å². The van der Waals surface area contributed by atoms with Crippen molar-refractivity contribution in [2.45, 2.75) is 28.5 Å². The van der Waals surface area contributed by atoms with Crippen molar-refractivity contribution in [2.75, 3.05) is 0 Å². The molecule has 1 aromatic rings. The zero-order chi connectivity index (χ0) is 21.8. The van der Waals surface area contributed by atoms with E-state index in [0.29, 0.717) is 0 Å². The molecule has 0 saturated carbocycles. The van der Waals surface area contributed by atoms with Crippen molar-refractivity contribution in [3.05, 3.63) is 58.8 Å². The molecule has 0 fully saturated rings. The van der Waals surface area contributed by atoms with Crippen molar-refractivity contribution in [1.29, 1.82) is 0 Å². The Morgan fingerprint density at radius 1 is 0.893 bits per heavy atom. The molecule has 1 aliphatic carbocycles. The molecule has 0 saturated heterocycles. The molecule has 0 N–H and O–H groups in total. The fourth-order valence-corrected chi connectivity index (χ4v) is 3.63. The van der Waals surface area contributed by atoms with Gasteiger partial charge in [-0.15, -0.1) is 0 Å². The number of allylic oxidation sites excluding steroid dienone is 4. The molecule has 1 nitrogen and oxygen atoms in total. The van der Waals surface area contributed by atoms with Gasteiger partial charge in [0.2, 0.25) is 0 Å². The summed E-state index contributed by atoms with van der Waals surface area (Å²) in [7, 11) is 0. The molecule has 1 atom stereocenters. The van der Waals surface area contributed by atoms with Gasteiger partial charge in [-0.05, 0) is 12.1 Å². The predicted molar refractivity (Wildman–Crippen MR) is 82.3 cm³/mol. The van der Waals surface area contributed by atoms with Crippen LogP contribution >= 0.6 is 27.5 Å². The van der Waals surface area contributed by atoms with Gasteiger partial charge in [0.05, 0.1) is 4.32 Å². The van der Waals surface area contributed by atoms with Crippen LogP contribution in [0.25, 0.3) is 0 Å². The van der Waals surface area contributed by atoms with E-state index in [1.807, 2.05) is 0 Å². The molecule has 1 aliphatic rings. The summed E-state index contributed by atoms with van der Waals surface area (Å²) in [5.74, 6) is 0. The van der Waals surface area contributed by atoms with Gasteiger partial charge in [0, 0.05) is 29.3 Å². The summed E-state index contributed by atoms with van der Waals surface area (Å²) in [5.41, 5.74) is -10.7. The van der Waals surface area contributed by atoms with Crippen LogP contribution in [-0.2, 0) is 4.32 Å². The van der Waals surface area contributed by atoms with Gasteiger partial charge in [0.15, 0.2) is 0 Å². The second-order valence-corrected chi connectivity index (χ2v) is 7.28. The molecule has 0 bridgehead atoms. The van der Waals surface area contributed by atoms with Crippen LogP contribution < -0.4 is 0 Å². The summed E-state index contributed by atoms with van der Waals surface area (Å²) in [6, 6.07) is 2.14. The lowest BCUT2D eigenvalue weighted by molar-refractivity contribution is -0.325. The summed E-state index contributed by atoms with van der Waals surface area (Å²) in [6.45, 7) is 0. The van der Waals surface area contributed by atoms with E-state index in [-0.39, 0.29) is 12.5 Å². The van der Waals surface area contributed by atoms with Crippen LogP contribution in [0.4, 0.5) is 43.9 Å². The average Bonchev–Trinajstić information content (AvgIpc) is 2.50. The minimum Gasteiger partial charge on any atom is -0.244 e. The number of rotatable bonds is 2. The second kappa shape index (κ2) is 6.89. The van der Waals surface area contributed by atoms with Crippen LogP contribution in [0, 0.1) is 6.42 Å². The lowest BCUT2D eigenvalue weighted by atomic mass is 9.80. The molecule has 1 radical (unpaired) electrons. The first-order valence-corrected chi connectivity index (χ1v) is 8.11. The molecule has 0 aromatic carbocycles. The van der Waals surface area contributed by atoms with Gasteiger partial charge in [-0.2, -0.15) is 39.5 Å². The van der Waals surface area contributed by atoms with Gasteiger partial charge in [0.25, 0.3) is 0 Å². The van der Waals surface area contributed by atoms with Crippen molar-refractivity contribution in [3.8, 4) is 0 Å². The van der Waals surface area contributed by atoms with Crippen molar-refractivity contribution >= 4 is 27.5 Å². The smallest absolute Gasteiger partial charge is 0.244 e. The highest BCUT2D eigenvalue weighted by Gasteiger charge is 2.74. The third-order valence-corrected chi connectivity index (χ3v) is 4.91. The molecular formula is C15H6BrClF10N. The first-order chi connectivity index (χ1) is 12.4. The topological polar surface area (TPSA) is 12.9 Å². The highest BCUT2D eigenvalue weighted by Crippen LogP contribution is 2.56. The molecule has 1 unspecified atom stereocenters. The normalized spacial score (nSPS) is 22.0.